The molecule has 2 N–H and O–H groups in total. The largest absolute Gasteiger partial charge is 0.391 e. The number of carbonyl (C=O) groups excluding carboxylic acids is 1. The van der Waals surface area contributed by atoms with Gasteiger partial charge >= 0.3 is 0 Å². The third-order valence-electron chi connectivity index (χ3n) is 4.60. The first-order chi connectivity index (χ1) is 11.9. The topological polar surface area (TPSA) is 72.5 Å². The minimum atomic E-state index is -0.508. The highest BCUT2D eigenvalue weighted by Crippen LogP contribution is 2.23. The molecule has 6 heteroatoms. The smallest absolute Gasteiger partial charge is 0.253 e. The maximum Gasteiger partial charge on any atom is 0.253 e. The van der Waals surface area contributed by atoms with E-state index in [1.807, 2.05) is 51.4 Å². The van der Waals surface area contributed by atoms with E-state index in [9.17, 15) is 9.90 Å². The van der Waals surface area contributed by atoms with Crippen molar-refractivity contribution in [3.05, 3.63) is 52.8 Å². The Morgan fingerprint density at radius 1 is 1.36 bits per heavy atom. The number of β-amino-alcohol motifs (C(OH)–C–C–N with tert-alkyl or cyclic N) is 1. The number of aromatic amines is 1. The number of aryl methyl sites for hydroxylation is 1. The van der Waals surface area contributed by atoms with E-state index < -0.39 is 6.10 Å². The zero-order chi connectivity index (χ0) is 18.0. The summed E-state index contributed by atoms with van der Waals surface area (Å²) in [6.07, 6.45) is 0.168. The summed E-state index contributed by atoms with van der Waals surface area (Å²) in [5.74, 6) is 0.0111. The Balaban J connectivity index is 1.67. The van der Waals surface area contributed by atoms with Crippen LogP contribution in [0.3, 0.4) is 0 Å². The summed E-state index contributed by atoms with van der Waals surface area (Å²) in [6.45, 7) is 3.69. The first kappa shape index (κ1) is 17.6. The molecule has 0 bridgehead atoms. The Bertz CT molecular complexity index is 741. The van der Waals surface area contributed by atoms with E-state index in [1.54, 1.807) is 4.90 Å². The van der Waals surface area contributed by atoms with E-state index in [0.29, 0.717) is 25.1 Å². The van der Waals surface area contributed by atoms with Gasteiger partial charge in [0, 0.05) is 36.8 Å². The molecule has 2 aromatic rings. The number of hydrogen-bond donors (Lipinski definition) is 2. The molecule has 3 rings (SSSR count). The number of rotatable bonds is 5. The molecule has 2 atom stereocenters. The van der Waals surface area contributed by atoms with Gasteiger partial charge < -0.3 is 14.9 Å². The minimum absolute atomic E-state index is 0.0136. The van der Waals surface area contributed by atoms with E-state index in [-0.39, 0.29) is 11.8 Å². The molecular weight excluding hydrogens is 316 g/mol. The summed E-state index contributed by atoms with van der Waals surface area (Å²) in [7, 11) is 4.01. The van der Waals surface area contributed by atoms with Gasteiger partial charge in [-0.3, -0.25) is 9.89 Å². The highest BCUT2D eigenvalue weighted by atomic mass is 16.3. The zero-order valence-corrected chi connectivity index (χ0v) is 15.1. The van der Waals surface area contributed by atoms with E-state index in [0.717, 1.165) is 23.5 Å². The standard InChI is InChI=1S/C19H26N4O2/c1-13-7-17(21-20-13)9-16-11-23(12-18(16)24)19(25)15-6-4-5-14(8-15)10-22(2)3/h4-8,16,18,24H,9-12H2,1-3H3,(H,20,21)/t16-,18-/m1/s1. The van der Waals surface area contributed by atoms with E-state index in [1.165, 1.54) is 0 Å². The lowest BCUT2D eigenvalue weighted by Gasteiger charge is -2.17. The lowest BCUT2D eigenvalue weighted by atomic mass is 10.00. The van der Waals surface area contributed by atoms with Crippen molar-refractivity contribution in [2.75, 3.05) is 27.2 Å². The summed E-state index contributed by atoms with van der Waals surface area (Å²) in [6, 6.07) is 9.72. The molecule has 0 aliphatic carbocycles. The average Bonchev–Trinajstić information content (AvgIpc) is 3.13. The molecule has 0 spiro atoms. The van der Waals surface area contributed by atoms with Gasteiger partial charge in [-0.05, 0) is 51.2 Å². The van der Waals surface area contributed by atoms with Crippen molar-refractivity contribution in [1.29, 1.82) is 0 Å². The van der Waals surface area contributed by atoms with Gasteiger partial charge in [0.2, 0.25) is 0 Å². The molecule has 1 amide bonds. The molecule has 25 heavy (non-hydrogen) atoms. The summed E-state index contributed by atoms with van der Waals surface area (Å²) < 4.78 is 0. The Kier molecular flexibility index (Phi) is 5.20. The molecule has 0 radical (unpaired) electrons. The molecule has 1 saturated heterocycles. The number of carbonyl (C=O) groups is 1. The average molecular weight is 342 g/mol. The second kappa shape index (κ2) is 7.37. The van der Waals surface area contributed by atoms with Gasteiger partial charge in [-0.2, -0.15) is 5.10 Å². The molecule has 1 aliphatic heterocycles. The maximum atomic E-state index is 12.8. The predicted molar refractivity (Wildman–Crippen MR) is 96.3 cm³/mol. The van der Waals surface area contributed by atoms with Crippen LogP contribution in [0.2, 0.25) is 0 Å². The van der Waals surface area contributed by atoms with Gasteiger partial charge in [0.1, 0.15) is 0 Å². The second-order valence-corrected chi connectivity index (χ2v) is 7.22. The van der Waals surface area contributed by atoms with Crippen molar-refractivity contribution < 1.29 is 9.90 Å². The molecule has 1 aliphatic rings. The van der Waals surface area contributed by atoms with Crippen LogP contribution in [0.25, 0.3) is 0 Å². The predicted octanol–water partition coefficient (Wildman–Crippen LogP) is 1.46. The van der Waals surface area contributed by atoms with Crippen LogP contribution < -0.4 is 0 Å². The first-order valence-corrected chi connectivity index (χ1v) is 8.64. The number of hydrogen-bond acceptors (Lipinski definition) is 4. The fourth-order valence-electron chi connectivity index (χ4n) is 3.42. The maximum absolute atomic E-state index is 12.8. The molecular formula is C19H26N4O2. The van der Waals surface area contributed by atoms with Crippen LogP contribution in [-0.4, -0.2) is 64.3 Å². The lowest BCUT2D eigenvalue weighted by Crippen LogP contribution is -2.29. The van der Waals surface area contributed by atoms with E-state index in [2.05, 4.69) is 15.1 Å². The molecule has 1 aromatic carbocycles. The van der Waals surface area contributed by atoms with Crippen LogP contribution in [-0.2, 0) is 13.0 Å². The van der Waals surface area contributed by atoms with E-state index in [4.69, 9.17) is 0 Å². The Hall–Kier alpha value is -2.18. The van der Waals surface area contributed by atoms with Crippen molar-refractivity contribution in [1.82, 2.24) is 20.0 Å². The molecule has 0 unspecified atom stereocenters. The van der Waals surface area contributed by atoms with Crippen LogP contribution in [0, 0.1) is 12.8 Å². The van der Waals surface area contributed by atoms with Crippen molar-refractivity contribution >= 4 is 5.91 Å². The van der Waals surface area contributed by atoms with Crippen LogP contribution in [0.15, 0.2) is 30.3 Å². The van der Waals surface area contributed by atoms with Crippen molar-refractivity contribution in [3.63, 3.8) is 0 Å². The normalized spacial score (nSPS) is 20.4. The number of nitrogens with one attached hydrogen (secondary N) is 1. The zero-order valence-electron chi connectivity index (χ0n) is 15.1. The van der Waals surface area contributed by atoms with Crippen LogP contribution in [0.4, 0.5) is 0 Å². The lowest BCUT2D eigenvalue weighted by molar-refractivity contribution is 0.0764. The summed E-state index contributed by atoms with van der Waals surface area (Å²) >= 11 is 0. The molecule has 1 aromatic heterocycles. The number of aromatic nitrogens is 2. The summed E-state index contributed by atoms with van der Waals surface area (Å²) in [4.78, 5) is 16.6. The second-order valence-electron chi connectivity index (χ2n) is 7.22. The van der Waals surface area contributed by atoms with Crippen LogP contribution >= 0.6 is 0 Å². The number of benzene rings is 1. The van der Waals surface area contributed by atoms with Gasteiger partial charge in [0.25, 0.3) is 5.91 Å². The number of nitrogens with zero attached hydrogens (tertiary/aromatic N) is 3. The number of aliphatic hydroxyl groups is 1. The van der Waals surface area contributed by atoms with Crippen molar-refractivity contribution in [3.8, 4) is 0 Å². The Morgan fingerprint density at radius 3 is 2.84 bits per heavy atom. The Morgan fingerprint density at radius 2 is 2.16 bits per heavy atom. The third kappa shape index (κ3) is 4.27. The number of H-pyrrole nitrogens is 1. The molecule has 0 saturated carbocycles. The molecule has 134 valence electrons. The fourth-order valence-corrected chi connectivity index (χ4v) is 3.42. The number of likely N-dealkylation sites (tertiary alicyclic amines) is 1. The van der Waals surface area contributed by atoms with E-state index >= 15 is 0 Å². The summed E-state index contributed by atoms with van der Waals surface area (Å²) in [5, 5.41) is 17.5. The molecule has 1 fully saturated rings. The van der Waals surface area contributed by atoms with Crippen molar-refractivity contribution in [2.45, 2.75) is 26.0 Å². The van der Waals surface area contributed by atoms with Gasteiger partial charge in [-0.1, -0.05) is 12.1 Å². The van der Waals surface area contributed by atoms with Crippen LogP contribution in [0.1, 0.15) is 27.3 Å². The number of aliphatic hydroxyl groups excluding tert-OH is 1. The first-order valence-electron chi connectivity index (χ1n) is 8.64. The van der Waals surface area contributed by atoms with Gasteiger partial charge in [-0.25, -0.2) is 0 Å². The SMILES string of the molecule is Cc1cc(C[C@@H]2CN(C(=O)c3cccc(CN(C)C)c3)C[C@H]2O)n[nH]1. The Labute approximate surface area is 148 Å². The minimum Gasteiger partial charge on any atom is -0.391 e. The summed E-state index contributed by atoms with van der Waals surface area (Å²) in [5.41, 5.74) is 3.74. The van der Waals surface area contributed by atoms with Crippen LogP contribution in [0.5, 0.6) is 0 Å². The monoisotopic (exact) mass is 342 g/mol. The van der Waals surface area contributed by atoms with Gasteiger partial charge in [0.05, 0.1) is 11.8 Å². The van der Waals surface area contributed by atoms with Crippen molar-refractivity contribution in [2.24, 2.45) is 5.92 Å². The molecule has 6 nitrogen and oxygen atoms in total. The molecule has 2 heterocycles. The fraction of sp³-hybridized carbons (Fsp3) is 0.474. The quantitative estimate of drug-likeness (QED) is 0.863. The third-order valence-corrected chi connectivity index (χ3v) is 4.60. The van der Waals surface area contributed by atoms with Gasteiger partial charge in [0.15, 0.2) is 0 Å². The van der Waals surface area contributed by atoms with Gasteiger partial charge in [-0.15, -0.1) is 0 Å². The highest BCUT2D eigenvalue weighted by molar-refractivity contribution is 5.94. The number of amides is 1. The highest BCUT2D eigenvalue weighted by Gasteiger charge is 2.34.